The van der Waals surface area contributed by atoms with Gasteiger partial charge in [0.05, 0.1) is 17.1 Å². The van der Waals surface area contributed by atoms with Crippen molar-refractivity contribution in [2.24, 2.45) is 5.92 Å². The maximum absolute atomic E-state index is 12.4. The Kier molecular flexibility index (Phi) is 6.07. The molecule has 0 spiro atoms. The van der Waals surface area contributed by atoms with Crippen LogP contribution < -0.4 is 16.0 Å². The molecular formula is C18H20ClN3O2S. The molecule has 1 aromatic carbocycles. The summed E-state index contributed by atoms with van der Waals surface area (Å²) in [6.45, 7) is 2.17. The summed E-state index contributed by atoms with van der Waals surface area (Å²) in [5.74, 6) is -0.252. The molecule has 3 N–H and O–H groups in total. The minimum absolute atomic E-state index is 0.00577. The third-order valence-corrected chi connectivity index (χ3v) is 5.40. The Morgan fingerprint density at radius 1 is 1.24 bits per heavy atom. The molecule has 0 unspecified atom stereocenters. The number of carbonyl (C=O) groups is 2. The van der Waals surface area contributed by atoms with Gasteiger partial charge in [-0.25, -0.2) is 0 Å². The van der Waals surface area contributed by atoms with Crippen LogP contribution in [0.15, 0.2) is 35.7 Å². The fourth-order valence-electron chi connectivity index (χ4n) is 2.78. The molecule has 0 radical (unpaired) electrons. The van der Waals surface area contributed by atoms with E-state index < -0.39 is 0 Å². The number of hydrogen-bond donors (Lipinski definition) is 3. The number of carbonyl (C=O) groups excluding carboxylic acids is 2. The average molecular weight is 378 g/mol. The predicted octanol–water partition coefficient (Wildman–Crippen LogP) is 3.27. The molecule has 0 atom stereocenters. The topological polar surface area (TPSA) is 70.2 Å². The van der Waals surface area contributed by atoms with Crippen molar-refractivity contribution < 1.29 is 9.59 Å². The summed E-state index contributed by atoms with van der Waals surface area (Å²) >= 11 is 7.74. The zero-order chi connectivity index (χ0) is 17.6. The number of halogens is 1. The fourth-order valence-corrected chi connectivity index (χ4v) is 3.63. The number of anilines is 1. The van der Waals surface area contributed by atoms with E-state index in [1.54, 1.807) is 29.5 Å². The largest absolute Gasteiger partial charge is 0.347 e. The second-order valence-corrected chi connectivity index (χ2v) is 7.41. The van der Waals surface area contributed by atoms with Gasteiger partial charge in [-0.2, -0.15) is 0 Å². The van der Waals surface area contributed by atoms with E-state index in [9.17, 15) is 9.59 Å². The summed E-state index contributed by atoms with van der Waals surface area (Å²) in [5, 5.41) is 11.3. The van der Waals surface area contributed by atoms with Crippen molar-refractivity contribution in [3.05, 3.63) is 51.2 Å². The molecule has 1 saturated heterocycles. The Morgan fingerprint density at radius 2 is 2.04 bits per heavy atom. The zero-order valence-electron chi connectivity index (χ0n) is 13.7. The van der Waals surface area contributed by atoms with Crippen LogP contribution in [0.4, 0.5) is 5.69 Å². The molecule has 2 amide bonds. The first kappa shape index (κ1) is 17.9. The molecule has 0 saturated carbocycles. The average Bonchev–Trinajstić information content (AvgIpc) is 3.15. The summed E-state index contributed by atoms with van der Waals surface area (Å²) in [5.41, 5.74) is 0.954. The molecule has 25 heavy (non-hydrogen) atoms. The lowest BCUT2D eigenvalue weighted by Gasteiger charge is -2.22. The smallest absolute Gasteiger partial charge is 0.253 e. The van der Waals surface area contributed by atoms with E-state index >= 15 is 0 Å². The van der Waals surface area contributed by atoms with Crippen molar-refractivity contribution in [2.45, 2.75) is 19.4 Å². The van der Waals surface area contributed by atoms with Gasteiger partial charge in [0, 0.05) is 16.5 Å². The highest BCUT2D eigenvalue weighted by molar-refractivity contribution is 7.09. The molecule has 2 heterocycles. The summed E-state index contributed by atoms with van der Waals surface area (Å²) in [7, 11) is 0. The van der Waals surface area contributed by atoms with Crippen molar-refractivity contribution in [3.63, 3.8) is 0 Å². The van der Waals surface area contributed by atoms with Crippen molar-refractivity contribution >= 4 is 40.4 Å². The Morgan fingerprint density at radius 3 is 2.76 bits per heavy atom. The number of rotatable bonds is 5. The predicted molar refractivity (Wildman–Crippen MR) is 101 cm³/mol. The van der Waals surface area contributed by atoms with Gasteiger partial charge in [-0.3, -0.25) is 9.59 Å². The highest BCUT2D eigenvalue weighted by atomic mass is 35.5. The van der Waals surface area contributed by atoms with Crippen LogP contribution in [0.5, 0.6) is 0 Å². The summed E-state index contributed by atoms with van der Waals surface area (Å²) in [4.78, 5) is 25.8. The van der Waals surface area contributed by atoms with Crippen LogP contribution in [0.2, 0.25) is 5.02 Å². The molecule has 2 aromatic rings. The monoisotopic (exact) mass is 377 g/mol. The van der Waals surface area contributed by atoms with E-state index in [4.69, 9.17) is 11.6 Å². The molecule has 3 rings (SSSR count). The van der Waals surface area contributed by atoms with Crippen molar-refractivity contribution in [3.8, 4) is 0 Å². The van der Waals surface area contributed by atoms with E-state index in [0.29, 0.717) is 22.8 Å². The van der Waals surface area contributed by atoms with Gasteiger partial charge in [0.15, 0.2) is 0 Å². The number of benzene rings is 1. The molecule has 7 heteroatoms. The second-order valence-electron chi connectivity index (χ2n) is 5.97. The Balaban J connectivity index is 1.64. The molecule has 132 valence electrons. The first-order valence-electron chi connectivity index (χ1n) is 8.25. The van der Waals surface area contributed by atoms with Gasteiger partial charge in [-0.1, -0.05) is 17.7 Å². The van der Waals surface area contributed by atoms with Gasteiger partial charge in [0.25, 0.3) is 5.91 Å². The molecule has 5 nitrogen and oxygen atoms in total. The van der Waals surface area contributed by atoms with Crippen LogP contribution in [0.1, 0.15) is 28.1 Å². The highest BCUT2D eigenvalue weighted by Crippen LogP contribution is 2.22. The summed E-state index contributed by atoms with van der Waals surface area (Å²) in [6, 6.07) is 8.89. The van der Waals surface area contributed by atoms with E-state index in [-0.39, 0.29) is 17.7 Å². The quantitative estimate of drug-likeness (QED) is 0.749. The second kappa shape index (κ2) is 8.47. The van der Waals surface area contributed by atoms with Crippen LogP contribution in [0.25, 0.3) is 0 Å². The van der Waals surface area contributed by atoms with Gasteiger partial charge in [0.2, 0.25) is 5.91 Å². The standard InChI is InChI=1S/C18H20ClN3O2S/c19-16-4-3-13(22-17(23)12-5-7-20-8-6-12)10-15(16)18(24)21-11-14-2-1-9-25-14/h1-4,9-10,12,20H,5-8,11H2,(H,21,24)(H,22,23). The van der Waals surface area contributed by atoms with Gasteiger partial charge < -0.3 is 16.0 Å². The minimum Gasteiger partial charge on any atom is -0.347 e. The van der Waals surface area contributed by atoms with E-state index in [1.165, 1.54) is 0 Å². The first-order chi connectivity index (χ1) is 12.1. The number of hydrogen-bond acceptors (Lipinski definition) is 4. The summed E-state index contributed by atoms with van der Waals surface area (Å²) in [6.07, 6.45) is 1.65. The van der Waals surface area contributed by atoms with Crippen LogP contribution in [-0.2, 0) is 11.3 Å². The van der Waals surface area contributed by atoms with Gasteiger partial charge >= 0.3 is 0 Å². The lowest BCUT2D eigenvalue weighted by atomic mass is 9.97. The molecule has 0 aliphatic carbocycles. The van der Waals surface area contributed by atoms with Crippen molar-refractivity contribution in [2.75, 3.05) is 18.4 Å². The molecule has 0 bridgehead atoms. The lowest BCUT2D eigenvalue weighted by Crippen LogP contribution is -2.34. The maximum Gasteiger partial charge on any atom is 0.253 e. The Hall–Kier alpha value is -1.89. The lowest BCUT2D eigenvalue weighted by molar-refractivity contribution is -0.120. The van der Waals surface area contributed by atoms with Gasteiger partial charge in [-0.05, 0) is 55.6 Å². The third kappa shape index (κ3) is 4.81. The third-order valence-electron chi connectivity index (χ3n) is 4.19. The molecule has 1 aliphatic heterocycles. The van der Waals surface area contributed by atoms with Gasteiger partial charge in [0.1, 0.15) is 0 Å². The number of thiophene rings is 1. The Bertz CT molecular complexity index is 743. The Labute approximate surface area is 155 Å². The number of nitrogens with one attached hydrogen (secondary N) is 3. The van der Waals surface area contributed by atoms with Crippen molar-refractivity contribution in [1.29, 1.82) is 0 Å². The van der Waals surface area contributed by atoms with E-state index in [1.807, 2.05) is 17.5 Å². The van der Waals surface area contributed by atoms with Gasteiger partial charge in [-0.15, -0.1) is 11.3 Å². The molecule has 1 aliphatic rings. The molecule has 1 aromatic heterocycles. The number of piperidine rings is 1. The molecular weight excluding hydrogens is 358 g/mol. The normalized spacial score (nSPS) is 14.9. The fraction of sp³-hybridized carbons (Fsp3) is 0.333. The van der Waals surface area contributed by atoms with Crippen LogP contribution in [0.3, 0.4) is 0 Å². The minimum atomic E-state index is -0.253. The zero-order valence-corrected chi connectivity index (χ0v) is 15.3. The van der Waals surface area contributed by atoms with Crippen LogP contribution in [0, 0.1) is 5.92 Å². The highest BCUT2D eigenvalue weighted by Gasteiger charge is 2.21. The first-order valence-corrected chi connectivity index (χ1v) is 9.51. The van der Waals surface area contributed by atoms with E-state index in [2.05, 4.69) is 16.0 Å². The summed E-state index contributed by atoms with van der Waals surface area (Å²) < 4.78 is 0. The maximum atomic E-state index is 12.4. The molecule has 1 fully saturated rings. The van der Waals surface area contributed by atoms with Crippen LogP contribution >= 0.6 is 22.9 Å². The SMILES string of the molecule is O=C(NCc1cccs1)c1cc(NC(=O)C2CCNCC2)ccc1Cl. The number of amides is 2. The van der Waals surface area contributed by atoms with E-state index in [0.717, 1.165) is 30.8 Å². The van der Waals surface area contributed by atoms with Crippen LogP contribution in [-0.4, -0.2) is 24.9 Å². The van der Waals surface area contributed by atoms with Crippen molar-refractivity contribution in [1.82, 2.24) is 10.6 Å².